The van der Waals surface area contributed by atoms with Crippen molar-refractivity contribution < 1.29 is 4.39 Å². The number of halogens is 1. The molecule has 1 saturated heterocycles. The standard InChI is InChI=1S/C13H19FN2/c1-9-4-10(2)8-16(7-9)13-6-12(14)5-11(3)15-13/h5-6,9-10H,4,7-8H2,1-3H3/t9-,10+. The maximum absolute atomic E-state index is 13.3. The fraction of sp³-hybridized carbons (Fsp3) is 0.615. The second-order valence-corrected chi connectivity index (χ2v) is 5.14. The molecule has 0 spiro atoms. The number of rotatable bonds is 1. The van der Waals surface area contributed by atoms with E-state index in [2.05, 4.69) is 23.7 Å². The van der Waals surface area contributed by atoms with E-state index in [9.17, 15) is 4.39 Å². The van der Waals surface area contributed by atoms with E-state index in [0.717, 1.165) is 24.6 Å². The minimum absolute atomic E-state index is 0.187. The van der Waals surface area contributed by atoms with Crippen molar-refractivity contribution in [3.8, 4) is 0 Å². The summed E-state index contributed by atoms with van der Waals surface area (Å²) in [6.45, 7) is 8.30. The molecule has 3 heteroatoms. The second-order valence-electron chi connectivity index (χ2n) is 5.14. The highest BCUT2D eigenvalue weighted by Gasteiger charge is 2.23. The molecule has 2 atom stereocenters. The number of hydrogen-bond acceptors (Lipinski definition) is 2. The number of piperidine rings is 1. The van der Waals surface area contributed by atoms with Gasteiger partial charge in [0.05, 0.1) is 0 Å². The van der Waals surface area contributed by atoms with Gasteiger partial charge in [0.25, 0.3) is 0 Å². The van der Waals surface area contributed by atoms with Crippen molar-refractivity contribution in [3.63, 3.8) is 0 Å². The van der Waals surface area contributed by atoms with Crippen LogP contribution in [0.4, 0.5) is 10.2 Å². The van der Waals surface area contributed by atoms with Crippen LogP contribution in [-0.4, -0.2) is 18.1 Å². The van der Waals surface area contributed by atoms with Crippen molar-refractivity contribution >= 4 is 5.82 Å². The Labute approximate surface area is 96.5 Å². The number of aromatic nitrogens is 1. The van der Waals surface area contributed by atoms with Gasteiger partial charge in [-0.3, -0.25) is 0 Å². The molecule has 2 heterocycles. The zero-order valence-corrected chi connectivity index (χ0v) is 10.2. The van der Waals surface area contributed by atoms with Crippen molar-refractivity contribution in [1.29, 1.82) is 0 Å². The maximum atomic E-state index is 13.3. The van der Waals surface area contributed by atoms with Crippen LogP contribution in [0.3, 0.4) is 0 Å². The Morgan fingerprint density at radius 2 is 1.88 bits per heavy atom. The third kappa shape index (κ3) is 2.52. The first-order valence-corrected chi connectivity index (χ1v) is 5.93. The Kier molecular flexibility index (Phi) is 3.13. The lowest BCUT2D eigenvalue weighted by atomic mass is 9.92. The van der Waals surface area contributed by atoms with Crippen molar-refractivity contribution in [2.24, 2.45) is 11.8 Å². The van der Waals surface area contributed by atoms with E-state index in [1.54, 1.807) is 0 Å². The van der Waals surface area contributed by atoms with Gasteiger partial charge in [-0.2, -0.15) is 0 Å². The molecule has 0 bridgehead atoms. The SMILES string of the molecule is Cc1cc(F)cc(N2C[C@H](C)C[C@H](C)C2)n1. The fourth-order valence-electron chi connectivity index (χ4n) is 2.62. The number of aryl methyl sites for hydroxylation is 1. The summed E-state index contributed by atoms with van der Waals surface area (Å²) in [6.07, 6.45) is 1.25. The lowest BCUT2D eigenvalue weighted by Crippen LogP contribution is -2.39. The van der Waals surface area contributed by atoms with E-state index in [0.29, 0.717) is 11.8 Å². The van der Waals surface area contributed by atoms with Crippen LogP contribution in [0.15, 0.2) is 12.1 Å². The quantitative estimate of drug-likeness (QED) is 0.726. The Bertz CT molecular complexity index is 348. The highest BCUT2D eigenvalue weighted by atomic mass is 19.1. The number of anilines is 1. The molecule has 0 amide bonds. The van der Waals surface area contributed by atoms with Gasteiger partial charge in [-0.05, 0) is 31.2 Å². The Hall–Kier alpha value is -1.12. The molecule has 1 aliphatic heterocycles. The van der Waals surface area contributed by atoms with E-state index in [-0.39, 0.29) is 5.82 Å². The molecule has 1 aromatic rings. The van der Waals surface area contributed by atoms with E-state index < -0.39 is 0 Å². The average molecular weight is 222 g/mol. The molecule has 2 rings (SSSR count). The third-order valence-corrected chi connectivity index (χ3v) is 3.10. The highest BCUT2D eigenvalue weighted by Crippen LogP contribution is 2.25. The molecular formula is C13H19FN2. The molecule has 0 N–H and O–H groups in total. The van der Waals surface area contributed by atoms with Crippen molar-refractivity contribution in [2.45, 2.75) is 27.2 Å². The molecule has 2 nitrogen and oxygen atoms in total. The summed E-state index contributed by atoms with van der Waals surface area (Å²) < 4.78 is 13.3. The summed E-state index contributed by atoms with van der Waals surface area (Å²) in [6, 6.07) is 3.01. The average Bonchev–Trinajstić information content (AvgIpc) is 2.14. The molecule has 1 aliphatic rings. The van der Waals surface area contributed by atoms with Gasteiger partial charge in [-0.25, -0.2) is 9.37 Å². The van der Waals surface area contributed by atoms with Crippen molar-refractivity contribution in [1.82, 2.24) is 4.98 Å². The molecule has 0 aliphatic carbocycles. The number of hydrogen-bond donors (Lipinski definition) is 0. The number of pyridine rings is 1. The minimum Gasteiger partial charge on any atom is -0.356 e. The highest BCUT2D eigenvalue weighted by molar-refractivity contribution is 5.40. The van der Waals surface area contributed by atoms with Gasteiger partial charge in [0.1, 0.15) is 11.6 Å². The Morgan fingerprint density at radius 3 is 2.44 bits per heavy atom. The normalized spacial score (nSPS) is 25.9. The zero-order chi connectivity index (χ0) is 11.7. The lowest BCUT2D eigenvalue weighted by Gasteiger charge is -2.35. The topological polar surface area (TPSA) is 16.1 Å². The Balaban J connectivity index is 2.22. The minimum atomic E-state index is -0.187. The first kappa shape index (κ1) is 11.4. The fourth-order valence-corrected chi connectivity index (χ4v) is 2.62. The third-order valence-electron chi connectivity index (χ3n) is 3.10. The zero-order valence-electron chi connectivity index (χ0n) is 10.2. The molecule has 0 unspecified atom stereocenters. The van der Waals surface area contributed by atoms with Gasteiger partial charge in [-0.15, -0.1) is 0 Å². The van der Waals surface area contributed by atoms with Gasteiger partial charge in [-0.1, -0.05) is 13.8 Å². The predicted octanol–water partition coefficient (Wildman–Crippen LogP) is 3.01. The molecule has 1 fully saturated rings. The van der Waals surface area contributed by atoms with Crippen LogP contribution in [0.2, 0.25) is 0 Å². The molecule has 16 heavy (non-hydrogen) atoms. The van der Waals surface area contributed by atoms with E-state index in [1.807, 2.05) is 6.92 Å². The van der Waals surface area contributed by atoms with Gasteiger partial charge >= 0.3 is 0 Å². The maximum Gasteiger partial charge on any atom is 0.131 e. The van der Waals surface area contributed by atoms with Crippen molar-refractivity contribution in [2.75, 3.05) is 18.0 Å². The van der Waals surface area contributed by atoms with E-state index >= 15 is 0 Å². The molecular weight excluding hydrogens is 203 g/mol. The summed E-state index contributed by atoms with van der Waals surface area (Å²) in [7, 11) is 0. The number of nitrogens with zero attached hydrogens (tertiary/aromatic N) is 2. The van der Waals surface area contributed by atoms with Gasteiger partial charge in [0.2, 0.25) is 0 Å². The van der Waals surface area contributed by atoms with Crippen LogP contribution in [0.5, 0.6) is 0 Å². The van der Waals surface area contributed by atoms with Crippen LogP contribution < -0.4 is 4.90 Å². The summed E-state index contributed by atoms with van der Waals surface area (Å²) >= 11 is 0. The first-order chi connectivity index (χ1) is 7.54. The van der Waals surface area contributed by atoms with Gasteiger partial charge in [0.15, 0.2) is 0 Å². The molecule has 0 radical (unpaired) electrons. The predicted molar refractivity (Wildman–Crippen MR) is 64.1 cm³/mol. The summed E-state index contributed by atoms with van der Waals surface area (Å²) in [4.78, 5) is 6.62. The van der Waals surface area contributed by atoms with E-state index in [4.69, 9.17) is 0 Å². The molecule has 0 saturated carbocycles. The van der Waals surface area contributed by atoms with Crippen LogP contribution in [0, 0.1) is 24.6 Å². The van der Waals surface area contributed by atoms with Crippen LogP contribution in [0.25, 0.3) is 0 Å². The molecule has 0 aromatic carbocycles. The summed E-state index contributed by atoms with van der Waals surface area (Å²) in [5.41, 5.74) is 0.751. The monoisotopic (exact) mass is 222 g/mol. The lowest BCUT2D eigenvalue weighted by molar-refractivity contribution is 0.355. The van der Waals surface area contributed by atoms with Gasteiger partial charge in [0, 0.05) is 24.8 Å². The van der Waals surface area contributed by atoms with Crippen LogP contribution >= 0.6 is 0 Å². The molecule has 88 valence electrons. The Morgan fingerprint density at radius 1 is 1.25 bits per heavy atom. The van der Waals surface area contributed by atoms with Crippen LogP contribution in [-0.2, 0) is 0 Å². The first-order valence-electron chi connectivity index (χ1n) is 5.93. The summed E-state index contributed by atoms with van der Waals surface area (Å²) in [5, 5.41) is 0. The van der Waals surface area contributed by atoms with Crippen LogP contribution in [0.1, 0.15) is 26.0 Å². The van der Waals surface area contributed by atoms with Gasteiger partial charge < -0.3 is 4.90 Å². The summed E-state index contributed by atoms with van der Waals surface area (Å²) in [5.74, 6) is 1.92. The van der Waals surface area contributed by atoms with E-state index in [1.165, 1.54) is 18.6 Å². The largest absolute Gasteiger partial charge is 0.356 e. The smallest absolute Gasteiger partial charge is 0.131 e. The van der Waals surface area contributed by atoms with Crippen molar-refractivity contribution in [3.05, 3.63) is 23.6 Å². The second kappa shape index (κ2) is 4.40. The molecule has 1 aromatic heterocycles.